The molecular weight excluding hydrogens is 262 g/mol. The van der Waals surface area contributed by atoms with Crippen LogP contribution in [0.2, 0.25) is 0 Å². The number of hydrogen-bond acceptors (Lipinski definition) is 3. The van der Waals surface area contributed by atoms with E-state index in [1.165, 1.54) is 11.1 Å². The van der Waals surface area contributed by atoms with E-state index in [1.807, 2.05) is 0 Å². The van der Waals surface area contributed by atoms with E-state index >= 15 is 0 Å². The minimum atomic E-state index is -0.268. The fourth-order valence-corrected chi connectivity index (χ4v) is 3.30. The zero-order chi connectivity index (χ0) is 15.2. The molecule has 1 saturated heterocycles. The van der Waals surface area contributed by atoms with Gasteiger partial charge in [-0.3, -0.25) is 10.1 Å². The van der Waals surface area contributed by atoms with Crippen LogP contribution in [-0.2, 0) is 4.79 Å². The van der Waals surface area contributed by atoms with E-state index in [1.54, 1.807) is 0 Å². The van der Waals surface area contributed by atoms with Crippen LogP contribution in [0, 0.1) is 6.92 Å². The third kappa shape index (κ3) is 2.58. The van der Waals surface area contributed by atoms with E-state index in [-0.39, 0.29) is 23.7 Å². The van der Waals surface area contributed by atoms with E-state index in [2.05, 4.69) is 67.3 Å². The molecule has 0 bridgehead atoms. The Morgan fingerprint density at radius 2 is 1.95 bits per heavy atom. The van der Waals surface area contributed by atoms with Crippen molar-refractivity contribution in [1.29, 1.82) is 0 Å². The van der Waals surface area contributed by atoms with Gasteiger partial charge in [-0.25, -0.2) is 0 Å². The first-order chi connectivity index (χ1) is 9.93. The fraction of sp³-hybridized carbons (Fsp3) is 0.588. The van der Waals surface area contributed by atoms with Gasteiger partial charge in [-0.15, -0.1) is 0 Å². The number of carbonyl (C=O) groups is 1. The minimum Gasteiger partial charge on any atom is -0.317 e. The summed E-state index contributed by atoms with van der Waals surface area (Å²) in [6.45, 7) is 5.11. The van der Waals surface area contributed by atoms with E-state index in [0.717, 1.165) is 19.4 Å². The second kappa shape index (κ2) is 5.11. The summed E-state index contributed by atoms with van der Waals surface area (Å²) in [7, 11) is 4.11. The summed E-state index contributed by atoms with van der Waals surface area (Å²) in [6, 6.07) is 8.71. The molecule has 0 aromatic heterocycles. The number of amides is 1. The van der Waals surface area contributed by atoms with Gasteiger partial charge in [-0.2, -0.15) is 0 Å². The number of nitrogens with one attached hydrogen (secondary N) is 1. The highest BCUT2D eigenvalue weighted by Crippen LogP contribution is 2.46. The smallest absolute Gasteiger partial charge is 0.244 e. The standard InChI is InChI=1S/C17H25N3O/c1-12-5-7-14(8-6-12)15-18-17(9-10-17)16(21)20(15)13(2)11-19(3)4/h5-8,13,15,18H,9-11H2,1-4H3. The van der Waals surface area contributed by atoms with E-state index in [0.29, 0.717) is 0 Å². The average Bonchev–Trinajstić information content (AvgIpc) is 3.12. The predicted octanol–water partition coefficient (Wildman–Crippen LogP) is 1.91. The molecule has 21 heavy (non-hydrogen) atoms. The summed E-state index contributed by atoms with van der Waals surface area (Å²) in [5, 5.41) is 3.59. The second-order valence-corrected chi connectivity index (χ2v) is 6.86. The molecule has 1 heterocycles. The Labute approximate surface area is 127 Å². The van der Waals surface area contributed by atoms with Crippen molar-refractivity contribution in [2.45, 2.75) is 44.4 Å². The summed E-state index contributed by atoms with van der Waals surface area (Å²) in [5.41, 5.74) is 2.16. The first-order valence-electron chi connectivity index (χ1n) is 7.75. The Morgan fingerprint density at radius 1 is 1.33 bits per heavy atom. The van der Waals surface area contributed by atoms with Crippen LogP contribution in [0.4, 0.5) is 0 Å². The summed E-state index contributed by atoms with van der Waals surface area (Å²) in [5.74, 6) is 0.280. The molecule has 1 aliphatic carbocycles. The van der Waals surface area contributed by atoms with Crippen LogP contribution in [0.1, 0.15) is 37.1 Å². The Balaban J connectivity index is 1.89. The first-order valence-corrected chi connectivity index (χ1v) is 7.75. The van der Waals surface area contributed by atoms with Crippen LogP contribution < -0.4 is 5.32 Å². The number of nitrogens with zero attached hydrogens (tertiary/aromatic N) is 2. The van der Waals surface area contributed by atoms with E-state index in [9.17, 15) is 4.79 Å². The molecule has 1 amide bonds. The van der Waals surface area contributed by atoms with E-state index < -0.39 is 0 Å². The Hall–Kier alpha value is -1.39. The SMILES string of the molecule is Cc1ccc(C2NC3(CC3)C(=O)N2C(C)CN(C)C)cc1. The number of carbonyl (C=O) groups excluding carboxylic acids is 1. The molecule has 1 aromatic carbocycles. The molecule has 2 atom stereocenters. The maximum absolute atomic E-state index is 12.8. The quantitative estimate of drug-likeness (QED) is 0.919. The van der Waals surface area contributed by atoms with E-state index in [4.69, 9.17) is 0 Å². The van der Waals surface area contributed by atoms with Gasteiger partial charge < -0.3 is 9.80 Å². The lowest BCUT2D eigenvalue weighted by Crippen LogP contribution is -2.44. The van der Waals surface area contributed by atoms with Crippen molar-refractivity contribution in [2.75, 3.05) is 20.6 Å². The van der Waals surface area contributed by atoms with Gasteiger partial charge in [-0.1, -0.05) is 29.8 Å². The number of likely N-dealkylation sites (N-methyl/N-ethyl adjacent to an activating group) is 1. The summed E-state index contributed by atoms with van der Waals surface area (Å²) < 4.78 is 0. The Kier molecular flexibility index (Phi) is 3.54. The third-order valence-electron chi connectivity index (χ3n) is 4.58. The molecule has 2 unspecified atom stereocenters. The molecule has 0 radical (unpaired) electrons. The Bertz CT molecular complexity index is 533. The van der Waals surface area contributed by atoms with Crippen LogP contribution >= 0.6 is 0 Å². The molecule has 1 N–H and O–H groups in total. The predicted molar refractivity (Wildman–Crippen MR) is 83.9 cm³/mol. The van der Waals surface area contributed by atoms with Gasteiger partial charge in [0, 0.05) is 12.6 Å². The van der Waals surface area contributed by atoms with Crippen molar-refractivity contribution in [3.63, 3.8) is 0 Å². The Morgan fingerprint density at radius 3 is 2.48 bits per heavy atom. The summed E-state index contributed by atoms with van der Waals surface area (Å²) in [4.78, 5) is 17.0. The maximum Gasteiger partial charge on any atom is 0.244 e. The molecule has 114 valence electrons. The van der Waals surface area contributed by atoms with Crippen LogP contribution in [0.15, 0.2) is 24.3 Å². The monoisotopic (exact) mass is 287 g/mol. The van der Waals surface area contributed by atoms with Gasteiger partial charge in [0.15, 0.2) is 0 Å². The van der Waals surface area contributed by atoms with Crippen molar-refractivity contribution in [3.8, 4) is 0 Å². The van der Waals surface area contributed by atoms with Gasteiger partial charge in [-0.05, 0) is 46.3 Å². The van der Waals surface area contributed by atoms with Gasteiger partial charge in [0.2, 0.25) is 5.91 Å². The molecule has 4 nitrogen and oxygen atoms in total. The lowest BCUT2D eigenvalue weighted by Gasteiger charge is -2.32. The van der Waals surface area contributed by atoms with Gasteiger partial charge >= 0.3 is 0 Å². The third-order valence-corrected chi connectivity index (χ3v) is 4.58. The van der Waals surface area contributed by atoms with Crippen molar-refractivity contribution in [1.82, 2.24) is 15.1 Å². The van der Waals surface area contributed by atoms with Crippen LogP contribution in [-0.4, -0.2) is 47.9 Å². The normalized spacial score (nSPS) is 24.9. The first kappa shape index (κ1) is 14.5. The summed E-state index contributed by atoms with van der Waals surface area (Å²) >= 11 is 0. The van der Waals surface area contributed by atoms with Gasteiger partial charge in [0.25, 0.3) is 0 Å². The zero-order valence-electron chi connectivity index (χ0n) is 13.4. The molecule has 4 heteroatoms. The van der Waals surface area contributed by atoms with Crippen LogP contribution in [0.25, 0.3) is 0 Å². The maximum atomic E-state index is 12.8. The lowest BCUT2D eigenvalue weighted by molar-refractivity contribution is -0.133. The van der Waals surface area contributed by atoms with Crippen molar-refractivity contribution in [3.05, 3.63) is 35.4 Å². The highest BCUT2D eigenvalue weighted by molar-refractivity contribution is 5.92. The molecule has 2 aliphatic rings. The molecule has 1 saturated carbocycles. The van der Waals surface area contributed by atoms with Gasteiger partial charge in [0.05, 0.1) is 0 Å². The largest absolute Gasteiger partial charge is 0.317 e. The summed E-state index contributed by atoms with van der Waals surface area (Å²) in [6.07, 6.45) is 1.95. The number of aryl methyl sites for hydroxylation is 1. The fourth-order valence-electron chi connectivity index (χ4n) is 3.30. The second-order valence-electron chi connectivity index (χ2n) is 6.86. The lowest BCUT2D eigenvalue weighted by atomic mass is 10.1. The zero-order valence-corrected chi connectivity index (χ0v) is 13.4. The molecular formula is C17H25N3O. The minimum absolute atomic E-state index is 0.00977. The van der Waals surface area contributed by atoms with Gasteiger partial charge in [0.1, 0.15) is 11.7 Å². The molecule has 1 aromatic rings. The van der Waals surface area contributed by atoms with Crippen LogP contribution in [0.3, 0.4) is 0 Å². The molecule has 1 aliphatic heterocycles. The van der Waals surface area contributed by atoms with Crippen molar-refractivity contribution in [2.24, 2.45) is 0 Å². The number of rotatable bonds is 4. The average molecular weight is 287 g/mol. The van der Waals surface area contributed by atoms with Crippen molar-refractivity contribution >= 4 is 5.91 Å². The van der Waals surface area contributed by atoms with Crippen molar-refractivity contribution < 1.29 is 4.79 Å². The number of benzene rings is 1. The highest BCUT2D eigenvalue weighted by Gasteiger charge is 2.60. The molecule has 1 spiro atoms. The molecule has 3 rings (SSSR count). The van der Waals surface area contributed by atoms with Crippen LogP contribution in [0.5, 0.6) is 0 Å². The number of hydrogen-bond donors (Lipinski definition) is 1. The topological polar surface area (TPSA) is 35.6 Å². The highest BCUT2D eigenvalue weighted by atomic mass is 16.2. The molecule has 2 fully saturated rings.